The molecule has 0 atom stereocenters. The first-order valence-electron chi connectivity index (χ1n) is 20.2. The lowest BCUT2D eigenvalue weighted by molar-refractivity contribution is 1.05. The summed E-state index contributed by atoms with van der Waals surface area (Å²) in [5.74, 6) is 1.52. The van der Waals surface area contributed by atoms with E-state index in [-0.39, 0.29) is 0 Å². The Kier molecular flexibility index (Phi) is 7.54. The van der Waals surface area contributed by atoms with Crippen molar-refractivity contribution in [1.29, 1.82) is 0 Å². The second-order valence-electron chi connectivity index (χ2n) is 15.3. The van der Waals surface area contributed by atoms with Crippen LogP contribution >= 0.6 is 0 Å². The summed E-state index contributed by atoms with van der Waals surface area (Å²) in [6.45, 7) is 0. The summed E-state index contributed by atoms with van der Waals surface area (Å²) >= 11 is 0. The van der Waals surface area contributed by atoms with Gasteiger partial charge in [0.1, 0.15) is 5.82 Å². The molecule has 0 aliphatic carbocycles. The average Bonchev–Trinajstić information content (AvgIpc) is 3.64. The Balaban J connectivity index is 1.19. The Morgan fingerprint density at radius 2 is 0.847 bits per heavy atom. The molecule has 10 aromatic carbocycles. The van der Waals surface area contributed by atoms with Gasteiger partial charge in [0, 0.05) is 28.0 Å². The molecule has 2 heterocycles. The van der Waals surface area contributed by atoms with Gasteiger partial charge in [-0.2, -0.15) is 0 Å². The fourth-order valence-electron chi connectivity index (χ4n) is 9.19. The first-order valence-corrected chi connectivity index (χ1v) is 20.2. The molecule has 0 saturated carbocycles. The molecule has 0 bridgehead atoms. The van der Waals surface area contributed by atoms with Gasteiger partial charge in [-0.1, -0.05) is 176 Å². The van der Waals surface area contributed by atoms with Gasteiger partial charge in [-0.05, 0) is 95.7 Å². The number of aromatic nitrogens is 3. The summed E-state index contributed by atoms with van der Waals surface area (Å²) in [7, 11) is 0. The van der Waals surface area contributed by atoms with Crippen molar-refractivity contribution >= 4 is 64.9 Å². The van der Waals surface area contributed by atoms with E-state index in [0.717, 1.165) is 33.7 Å². The molecule has 0 unspecified atom stereocenters. The van der Waals surface area contributed by atoms with Crippen LogP contribution in [0.4, 0.5) is 0 Å². The summed E-state index contributed by atoms with van der Waals surface area (Å²) in [5.41, 5.74) is 9.92. The van der Waals surface area contributed by atoms with E-state index in [2.05, 4.69) is 193 Å². The zero-order chi connectivity index (χ0) is 38.9. The molecule has 59 heavy (non-hydrogen) atoms. The average molecular weight is 750 g/mol. The maximum Gasteiger partial charge on any atom is 0.162 e. The molecule has 0 fully saturated rings. The van der Waals surface area contributed by atoms with Crippen LogP contribution in [0.1, 0.15) is 0 Å². The zero-order valence-corrected chi connectivity index (χ0v) is 32.0. The van der Waals surface area contributed by atoms with Crippen molar-refractivity contribution in [2.24, 2.45) is 0 Å². The quantitative estimate of drug-likeness (QED) is 0.164. The fourth-order valence-corrected chi connectivity index (χ4v) is 9.19. The predicted molar refractivity (Wildman–Crippen MR) is 248 cm³/mol. The standard InChI is InChI=1S/C56H35N3/c1-4-15-36(16-5-1)40-28-30-53-50(31-40)51-33-48-45-25-13-12-24-44(45)47-32-41(43-26-14-22-37-17-10-11-23-42(37)43)27-29-46(47)49(48)34-54(51)59(53)55-35-52(38-18-6-2-7-19-38)57-56(58-55)39-20-8-3-9-21-39/h1-35H. The molecule has 0 N–H and O–H groups in total. The van der Waals surface area contributed by atoms with Gasteiger partial charge in [-0.3, -0.25) is 4.57 Å². The van der Waals surface area contributed by atoms with Crippen LogP contribution in [0.3, 0.4) is 0 Å². The largest absolute Gasteiger partial charge is 0.294 e. The van der Waals surface area contributed by atoms with Crippen molar-refractivity contribution in [3.8, 4) is 50.7 Å². The molecule has 0 spiro atoms. The number of hydrogen-bond acceptors (Lipinski definition) is 2. The Bertz CT molecular complexity index is 3530. The van der Waals surface area contributed by atoms with Gasteiger partial charge in [-0.25, -0.2) is 9.97 Å². The molecular weight excluding hydrogens is 715 g/mol. The zero-order valence-electron chi connectivity index (χ0n) is 32.0. The monoisotopic (exact) mass is 749 g/mol. The first kappa shape index (κ1) is 33.3. The second kappa shape index (κ2) is 13.4. The summed E-state index contributed by atoms with van der Waals surface area (Å²) in [6, 6.07) is 76.4. The summed E-state index contributed by atoms with van der Waals surface area (Å²) in [6.07, 6.45) is 0. The third-order valence-corrected chi connectivity index (χ3v) is 12.0. The summed E-state index contributed by atoms with van der Waals surface area (Å²) in [5, 5.41) is 12.3. The van der Waals surface area contributed by atoms with Gasteiger partial charge in [0.25, 0.3) is 0 Å². The lowest BCUT2D eigenvalue weighted by atomic mass is 9.90. The maximum absolute atomic E-state index is 5.37. The number of nitrogens with zero attached hydrogens (tertiary/aromatic N) is 3. The van der Waals surface area contributed by atoms with Gasteiger partial charge < -0.3 is 0 Å². The molecule has 2 aromatic heterocycles. The Hall–Kier alpha value is -7.88. The van der Waals surface area contributed by atoms with Crippen LogP contribution in [-0.4, -0.2) is 14.5 Å². The van der Waals surface area contributed by atoms with Crippen LogP contribution < -0.4 is 0 Å². The van der Waals surface area contributed by atoms with Gasteiger partial charge in [-0.15, -0.1) is 0 Å². The molecule has 0 amide bonds. The first-order chi connectivity index (χ1) is 29.2. The van der Waals surface area contributed by atoms with E-state index in [1.54, 1.807) is 0 Å². The van der Waals surface area contributed by atoms with Crippen LogP contribution in [0, 0.1) is 0 Å². The number of benzene rings is 10. The predicted octanol–water partition coefficient (Wildman–Crippen LogP) is 14.9. The highest BCUT2D eigenvalue weighted by Crippen LogP contribution is 2.43. The van der Waals surface area contributed by atoms with Crippen molar-refractivity contribution in [3.63, 3.8) is 0 Å². The second-order valence-corrected chi connectivity index (χ2v) is 15.3. The van der Waals surface area contributed by atoms with Gasteiger partial charge in [0.15, 0.2) is 5.82 Å². The minimum absolute atomic E-state index is 0.691. The van der Waals surface area contributed by atoms with E-state index in [1.165, 1.54) is 76.1 Å². The van der Waals surface area contributed by atoms with E-state index in [1.807, 2.05) is 24.3 Å². The third kappa shape index (κ3) is 5.44. The van der Waals surface area contributed by atoms with Crippen LogP contribution in [0.15, 0.2) is 212 Å². The van der Waals surface area contributed by atoms with Crippen molar-refractivity contribution in [2.45, 2.75) is 0 Å². The Morgan fingerprint density at radius 1 is 0.288 bits per heavy atom. The van der Waals surface area contributed by atoms with E-state index < -0.39 is 0 Å². The smallest absolute Gasteiger partial charge is 0.162 e. The molecular formula is C56H35N3. The van der Waals surface area contributed by atoms with Crippen LogP contribution in [0.2, 0.25) is 0 Å². The Morgan fingerprint density at radius 3 is 1.61 bits per heavy atom. The van der Waals surface area contributed by atoms with Crippen molar-refractivity contribution in [3.05, 3.63) is 212 Å². The van der Waals surface area contributed by atoms with Gasteiger partial charge >= 0.3 is 0 Å². The molecule has 12 aromatic rings. The van der Waals surface area contributed by atoms with E-state index in [9.17, 15) is 0 Å². The maximum atomic E-state index is 5.37. The van der Waals surface area contributed by atoms with Crippen LogP contribution in [0.25, 0.3) is 116 Å². The highest BCUT2D eigenvalue weighted by Gasteiger charge is 2.20. The van der Waals surface area contributed by atoms with Gasteiger partial charge in [0.2, 0.25) is 0 Å². The minimum Gasteiger partial charge on any atom is -0.294 e. The Labute approximate surface area is 341 Å². The van der Waals surface area contributed by atoms with E-state index in [0.29, 0.717) is 5.82 Å². The molecule has 12 rings (SSSR count). The van der Waals surface area contributed by atoms with E-state index in [4.69, 9.17) is 9.97 Å². The number of rotatable bonds is 5. The van der Waals surface area contributed by atoms with Gasteiger partial charge in [0.05, 0.1) is 16.7 Å². The fraction of sp³-hybridized carbons (Fsp3) is 0. The molecule has 0 radical (unpaired) electrons. The highest BCUT2D eigenvalue weighted by atomic mass is 15.1. The minimum atomic E-state index is 0.691. The molecule has 0 aliphatic rings. The normalized spacial score (nSPS) is 11.7. The molecule has 3 nitrogen and oxygen atoms in total. The molecule has 0 aliphatic heterocycles. The van der Waals surface area contributed by atoms with Crippen molar-refractivity contribution in [2.75, 3.05) is 0 Å². The number of hydrogen-bond donors (Lipinski definition) is 0. The van der Waals surface area contributed by atoms with Crippen LogP contribution in [0.5, 0.6) is 0 Å². The molecule has 0 saturated heterocycles. The molecule has 3 heteroatoms. The lowest BCUT2D eigenvalue weighted by Crippen LogP contribution is -2.02. The number of fused-ring (bicyclic) bond motifs is 10. The van der Waals surface area contributed by atoms with Crippen molar-refractivity contribution in [1.82, 2.24) is 14.5 Å². The summed E-state index contributed by atoms with van der Waals surface area (Å²) in [4.78, 5) is 10.5. The molecule has 274 valence electrons. The SMILES string of the molecule is c1ccc(-c2ccc3c(c2)c2cc4c5ccccc5c5cc(-c6cccc7ccccc67)ccc5c4cc2n3-c2cc(-c3ccccc3)nc(-c3ccccc3)n2)cc1. The third-order valence-electron chi connectivity index (χ3n) is 12.0. The lowest BCUT2D eigenvalue weighted by Gasteiger charge is -2.15. The van der Waals surface area contributed by atoms with Crippen molar-refractivity contribution < 1.29 is 0 Å². The van der Waals surface area contributed by atoms with E-state index >= 15 is 0 Å². The summed E-state index contributed by atoms with van der Waals surface area (Å²) < 4.78 is 2.35. The van der Waals surface area contributed by atoms with Crippen LogP contribution in [-0.2, 0) is 0 Å². The topological polar surface area (TPSA) is 30.7 Å². The highest BCUT2D eigenvalue weighted by molar-refractivity contribution is 6.29.